The molecule has 2 aromatic heterocycles. The number of ether oxygens (including phenoxy) is 1. The van der Waals surface area contributed by atoms with Gasteiger partial charge in [0.1, 0.15) is 0 Å². The van der Waals surface area contributed by atoms with Crippen molar-refractivity contribution < 1.29 is 9.53 Å². The van der Waals surface area contributed by atoms with Crippen LogP contribution in [-0.2, 0) is 17.8 Å². The van der Waals surface area contributed by atoms with Crippen molar-refractivity contribution >= 4 is 5.91 Å². The molecule has 0 bridgehead atoms. The maximum absolute atomic E-state index is 12.8. The first kappa shape index (κ1) is 13.5. The van der Waals surface area contributed by atoms with E-state index < -0.39 is 0 Å². The number of nitrogens with zero attached hydrogens (tertiary/aromatic N) is 3. The largest absolute Gasteiger partial charge is 0.376 e. The summed E-state index contributed by atoms with van der Waals surface area (Å²) in [5, 5.41) is 14.3. The van der Waals surface area contributed by atoms with Crippen LogP contribution in [0.5, 0.6) is 0 Å². The molecule has 2 N–H and O–H groups in total. The van der Waals surface area contributed by atoms with Crippen LogP contribution in [0.4, 0.5) is 0 Å². The Balaban J connectivity index is 1.54. The zero-order valence-corrected chi connectivity index (χ0v) is 12.3. The fraction of sp³-hybridized carbons (Fsp3) is 0.533. The van der Waals surface area contributed by atoms with Gasteiger partial charge in [0.2, 0.25) is 0 Å². The Kier molecular flexibility index (Phi) is 3.42. The first-order chi connectivity index (χ1) is 10.8. The Bertz CT molecular complexity index is 664. The smallest absolute Gasteiger partial charge is 0.274 e. The number of carbonyl (C=O) groups excluding carboxylic acids is 1. The molecule has 7 nitrogen and oxygen atoms in total. The fourth-order valence-corrected chi connectivity index (χ4v) is 3.35. The average Bonchev–Trinajstić information content (AvgIpc) is 3.24. The topological polar surface area (TPSA) is 86.9 Å². The summed E-state index contributed by atoms with van der Waals surface area (Å²) in [5.74, 6) is 0.332. The molecule has 22 heavy (non-hydrogen) atoms. The number of hydrogen-bond donors (Lipinski definition) is 2. The molecule has 4 heterocycles. The maximum atomic E-state index is 12.8. The van der Waals surface area contributed by atoms with Crippen LogP contribution >= 0.6 is 0 Å². The summed E-state index contributed by atoms with van der Waals surface area (Å²) in [7, 11) is 0. The number of fused-ring (bicyclic) bond motifs is 1. The van der Waals surface area contributed by atoms with Gasteiger partial charge in [-0.1, -0.05) is 0 Å². The van der Waals surface area contributed by atoms with Crippen molar-refractivity contribution in [1.82, 2.24) is 25.3 Å². The third-order valence-corrected chi connectivity index (χ3v) is 4.57. The van der Waals surface area contributed by atoms with E-state index in [9.17, 15) is 4.79 Å². The van der Waals surface area contributed by atoms with Crippen molar-refractivity contribution in [2.45, 2.75) is 31.8 Å². The minimum atomic E-state index is 0.00668. The van der Waals surface area contributed by atoms with Gasteiger partial charge < -0.3 is 9.64 Å². The number of aromatic nitrogens is 4. The number of piperidine rings is 1. The van der Waals surface area contributed by atoms with Crippen molar-refractivity contribution in [3.63, 3.8) is 0 Å². The van der Waals surface area contributed by atoms with Gasteiger partial charge in [-0.2, -0.15) is 10.2 Å². The highest BCUT2D eigenvalue weighted by Crippen LogP contribution is 2.27. The van der Waals surface area contributed by atoms with Crippen molar-refractivity contribution in [1.29, 1.82) is 0 Å². The van der Waals surface area contributed by atoms with Crippen LogP contribution in [0, 0.1) is 0 Å². The number of aromatic amines is 2. The van der Waals surface area contributed by atoms with Crippen LogP contribution in [0.1, 0.15) is 46.2 Å². The first-order valence-electron chi connectivity index (χ1n) is 7.75. The van der Waals surface area contributed by atoms with E-state index in [-0.39, 0.29) is 5.91 Å². The molecular formula is C15H19N5O2. The molecule has 0 saturated carbocycles. The monoisotopic (exact) mass is 301 g/mol. The minimum absolute atomic E-state index is 0.00668. The lowest BCUT2D eigenvalue weighted by Crippen LogP contribution is -2.39. The van der Waals surface area contributed by atoms with E-state index in [1.54, 1.807) is 6.20 Å². The second-order valence-corrected chi connectivity index (χ2v) is 5.93. The number of rotatable bonds is 2. The Morgan fingerprint density at radius 2 is 2.36 bits per heavy atom. The van der Waals surface area contributed by atoms with E-state index >= 15 is 0 Å². The molecule has 0 radical (unpaired) electrons. The summed E-state index contributed by atoms with van der Waals surface area (Å²) < 4.78 is 5.47. The van der Waals surface area contributed by atoms with E-state index in [1.165, 1.54) is 0 Å². The Morgan fingerprint density at radius 1 is 1.41 bits per heavy atom. The molecule has 0 aromatic carbocycles. The van der Waals surface area contributed by atoms with Gasteiger partial charge in [-0.3, -0.25) is 15.0 Å². The minimum Gasteiger partial charge on any atom is -0.376 e. The van der Waals surface area contributed by atoms with Gasteiger partial charge in [0.15, 0.2) is 5.69 Å². The highest BCUT2D eigenvalue weighted by atomic mass is 16.5. The van der Waals surface area contributed by atoms with E-state index in [0.717, 1.165) is 42.8 Å². The Labute approximate surface area is 128 Å². The predicted octanol–water partition coefficient (Wildman–Crippen LogP) is 1.23. The summed E-state index contributed by atoms with van der Waals surface area (Å²) in [6, 6.07) is 1.99. The van der Waals surface area contributed by atoms with Gasteiger partial charge in [-0.05, 0) is 18.9 Å². The van der Waals surface area contributed by atoms with Crippen LogP contribution in [-0.4, -0.2) is 50.9 Å². The second kappa shape index (κ2) is 5.57. The SMILES string of the molecule is O=C(c1n[nH]c2c1COCC2)N1CCC[C@@H](c2ccn[nH]2)C1. The molecule has 2 aromatic rings. The lowest BCUT2D eigenvalue weighted by atomic mass is 9.94. The number of likely N-dealkylation sites (tertiary alicyclic amines) is 1. The number of carbonyl (C=O) groups is 1. The van der Waals surface area contributed by atoms with Gasteiger partial charge in [0.25, 0.3) is 5.91 Å². The van der Waals surface area contributed by atoms with E-state index in [0.29, 0.717) is 31.4 Å². The molecule has 1 atom stereocenters. The molecule has 1 fully saturated rings. The molecule has 7 heteroatoms. The van der Waals surface area contributed by atoms with Crippen LogP contribution in [0.3, 0.4) is 0 Å². The van der Waals surface area contributed by atoms with E-state index in [2.05, 4.69) is 20.4 Å². The quantitative estimate of drug-likeness (QED) is 0.873. The molecule has 4 rings (SSSR count). The van der Waals surface area contributed by atoms with Crippen LogP contribution < -0.4 is 0 Å². The van der Waals surface area contributed by atoms with Crippen LogP contribution in [0.25, 0.3) is 0 Å². The normalized spacial score (nSPS) is 21.6. The van der Waals surface area contributed by atoms with Gasteiger partial charge >= 0.3 is 0 Å². The summed E-state index contributed by atoms with van der Waals surface area (Å²) >= 11 is 0. The van der Waals surface area contributed by atoms with Gasteiger partial charge in [-0.15, -0.1) is 0 Å². The number of amides is 1. The molecular weight excluding hydrogens is 282 g/mol. The third-order valence-electron chi connectivity index (χ3n) is 4.57. The molecule has 0 spiro atoms. The average molecular weight is 301 g/mol. The molecule has 0 aliphatic carbocycles. The second-order valence-electron chi connectivity index (χ2n) is 5.93. The number of H-pyrrole nitrogens is 2. The first-order valence-corrected chi connectivity index (χ1v) is 7.75. The van der Waals surface area contributed by atoms with Crippen LogP contribution in [0.2, 0.25) is 0 Å². The van der Waals surface area contributed by atoms with Crippen molar-refractivity contribution in [3.05, 3.63) is 34.9 Å². The number of hydrogen-bond acceptors (Lipinski definition) is 4. The van der Waals surface area contributed by atoms with E-state index in [1.807, 2.05) is 11.0 Å². The molecule has 0 unspecified atom stereocenters. The van der Waals surface area contributed by atoms with Gasteiger partial charge in [0.05, 0.1) is 13.2 Å². The summed E-state index contributed by atoms with van der Waals surface area (Å²) in [6.45, 7) is 2.66. The summed E-state index contributed by atoms with van der Waals surface area (Å²) in [6.07, 6.45) is 4.64. The third kappa shape index (κ3) is 2.31. The molecule has 1 saturated heterocycles. The van der Waals surface area contributed by atoms with Gasteiger partial charge in [-0.25, -0.2) is 0 Å². The molecule has 2 aliphatic rings. The van der Waals surface area contributed by atoms with Crippen molar-refractivity contribution in [2.75, 3.05) is 19.7 Å². The standard InChI is InChI=1S/C15H19N5O2/c21-15(14-11-9-22-7-4-13(11)18-19-14)20-6-1-2-10(8-20)12-3-5-16-17-12/h3,5,10H,1-2,4,6-9H2,(H,16,17)(H,18,19)/t10-/m1/s1. The Morgan fingerprint density at radius 3 is 3.23 bits per heavy atom. The van der Waals surface area contributed by atoms with Crippen molar-refractivity contribution in [3.8, 4) is 0 Å². The number of nitrogens with one attached hydrogen (secondary N) is 2. The van der Waals surface area contributed by atoms with Gasteiger partial charge in [0, 0.05) is 48.6 Å². The maximum Gasteiger partial charge on any atom is 0.274 e. The Hall–Kier alpha value is -2.15. The van der Waals surface area contributed by atoms with Crippen LogP contribution in [0.15, 0.2) is 12.3 Å². The molecule has 116 valence electrons. The summed E-state index contributed by atoms with van der Waals surface area (Å²) in [4.78, 5) is 14.7. The zero-order valence-electron chi connectivity index (χ0n) is 12.3. The molecule has 1 amide bonds. The fourth-order valence-electron chi connectivity index (χ4n) is 3.35. The van der Waals surface area contributed by atoms with Crippen molar-refractivity contribution in [2.24, 2.45) is 0 Å². The lowest BCUT2D eigenvalue weighted by Gasteiger charge is -2.32. The molecule has 2 aliphatic heterocycles. The zero-order chi connectivity index (χ0) is 14.9. The highest BCUT2D eigenvalue weighted by Gasteiger charge is 2.30. The van der Waals surface area contributed by atoms with E-state index in [4.69, 9.17) is 4.74 Å². The predicted molar refractivity (Wildman–Crippen MR) is 78.4 cm³/mol. The summed E-state index contributed by atoms with van der Waals surface area (Å²) in [5.41, 5.74) is 3.60. The highest BCUT2D eigenvalue weighted by molar-refractivity contribution is 5.94. The lowest BCUT2D eigenvalue weighted by molar-refractivity contribution is 0.0687.